The monoisotopic (exact) mass is 260 g/mol. The molecule has 6 heteroatoms. The van der Waals surface area contributed by atoms with E-state index < -0.39 is 5.60 Å². The van der Waals surface area contributed by atoms with Gasteiger partial charge in [0.25, 0.3) is 6.47 Å². The maximum absolute atomic E-state index is 11.5. The Hall–Kier alpha value is -1.30. The Labute approximate surface area is 108 Å². The maximum atomic E-state index is 11.5. The van der Waals surface area contributed by atoms with Crippen LogP contribution in [0.4, 0.5) is 4.79 Å². The van der Waals surface area contributed by atoms with E-state index in [9.17, 15) is 9.59 Å². The van der Waals surface area contributed by atoms with Gasteiger partial charge in [0.15, 0.2) is 0 Å². The fourth-order valence-corrected chi connectivity index (χ4v) is 1.35. The van der Waals surface area contributed by atoms with Crippen molar-refractivity contribution >= 4 is 12.6 Å². The molecule has 1 rings (SSSR count). The van der Waals surface area contributed by atoms with E-state index in [0.29, 0.717) is 19.6 Å². The summed E-state index contributed by atoms with van der Waals surface area (Å²) in [5.41, 5.74) is 5.26. The lowest BCUT2D eigenvalue weighted by Gasteiger charge is -2.24. The lowest BCUT2D eigenvalue weighted by Crippen LogP contribution is -2.36. The van der Waals surface area contributed by atoms with Crippen molar-refractivity contribution in [1.82, 2.24) is 4.90 Å². The molecule has 6 nitrogen and oxygen atoms in total. The van der Waals surface area contributed by atoms with Crippen LogP contribution in [-0.2, 0) is 14.3 Å². The van der Waals surface area contributed by atoms with Gasteiger partial charge >= 0.3 is 6.09 Å². The van der Waals surface area contributed by atoms with Crippen LogP contribution in [-0.4, -0.2) is 48.8 Å². The molecule has 0 aromatic rings. The van der Waals surface area contributed by atoms with E-state index in [1.54, 1.807) is 11.8 Å². The normalized spacial score (nSPS) is 18.7. The second kappa shape index (κ2) is 7.92. The van der Waals surface area contributed by atoms with E-state index in [1.807, 2.05) is 20.8 Å². The predicted octanol–water partition coefficient (Wildman–Crippen LogP) is 1.13. The second-order valence-electron chi connectivity index (χ2n) is 5.03. The third kappa shape index (κ3) is 7.89. The zero-order valence-electron chi connectivity index (χ0n) is 11.6. The van der Waals surface area contributed by atoms with Gasteiger partial charge < -0.3 is 20.1 Å². The van der Waals surface area contributed by atoms with Crippen LogP contribution < -0.4 is 5.73 Å². The predicted molar refractivity (Wildman–Crippen MR) is 68.1 cm³/mol. The van der Waals surface area contributed by atoms with Crippen molar-refractivity contribution in [2.45, 2.75) is 45.8 Å². The highest BCUT2D eigenvalue weighted by molar-refractivity contribution is 5.68. The van der Waals surface area contributed by atoms with E-state index in [1.165, 1.54) is 0 Å². The van der Waals surface area contributed by atoms with Gasteiger partial charge in [-0.15, -0.1) is 0 Å². The molecule has 0 aromatic carbocycles. The number of nitrogens with zero attached hydrogens (tertiary/aromatic N) is 1. The molecule has 106 valence electrons. The largest absolute Gasteiger partial charge is 0.468 e. The zero-order chi connectivity index (χ0) is 14.2. The Bertz CT molecular complexity index is 263. The minimum absolute atomic E-state index is 0.118. The van der Waals surface area contributed by atoms with Crippen molar-refractivity contribution in [3.8, 4) is 0 Å². The number of amides is 1. The average Bonchev–Trinajstić information content (AvgIpc) is 2.64. The van der Waals surface area contributed by atoms with Crippen LogP contribution in [0.1, 0.15) is 34.1 Å². The molecule has 0 saturated carbocycles. The van der Waals surface area contributed by atoms with E-state index in [-0.39, 0.29) is 12.1 Å². The molecule has 18 heavy (non-hydrogen) atoms. The molecular formula is C12H24N2O4. The molecule has 1 saturated heterocycles. The van der Waals surface area contributed by atoms with Crippen molar-refractivity contribution in [3.63, 3.8) is 0 Å². The number of likely N-dealkylation sites (tertiary alicyclic amines) is 1. The molecule has 0 aromatic heterocycles. The van der Waals surface area contributed by atoms with E-state index in [0.717, 1.165) is 13.0 Å². The number of carbonyl (C=O) groups excluding carboxylic acids is 2. The smallest absolute Gasteiger partial charge is 0.410 e. The van der Waals surface area contributed by atoms with E-state index >= 15 is 0 Å². The molecule has 1 fully saturated rings. The van der Waals surface area contributed by atoms with Gasteiger partial charge in [-0.25, -0.2) is 4.79 Å². The van der Waals surface area contributed by atoms with Crippen LogP contribution in [0.5, 0.6) is 0 Å². The summed E-state index contributed by atoms with van der Waals surface area (Å²) in [5, 5.41) is 0. The summed E-state index contributed by atoms with van der Waals surface area (Å²) in [6, 6.07) is 0.118. The minimum Gasteiger partial charge on any atom is -0.468 e. The second-order valence-corrected chi connectivity index (χ2v) is 5.03. The summed E-state index contributed by atoms with van der Waals surface area (Å²) in [7, 11) is 0. The van der Waals surface area contributed by atoms with Gasteiger partial charge in [-0.2, -0.15) is 0 Å². The Kier molecular flexibility index (Phi) is 7.35. The first-order chi connectivity index (χ1) is 8.30. The van der Waals surface area contributed by atoms with Crippen molar-refractivity contribution in [1.29, 1.82) is 0 Å². The van der Waals surface area contributed by atoms with Crippen LogP contribution in [0.25, 0.3) is 0 Å². The summed E-state index contributed by atoms with van der Waals surface area (Å²) >= 11 is 0. The highest BCUT2D eigenvalue weighted by Crippen LogP contribution is 2.13. The molecule has 0 bridgehead atoms. The number of hydrogen-bond donors (Lipinski definition) is 1. The molecule has 1 atom stereocenters. The molecule has 2 N–H and O–H groups in total. The number of hydrogen-bond acceptors (Lipinski definition) is 5. The van der Waals surface area contributed by atoms with Gasteiger partial charge in [0.1, 0.15) is 5.60 Å². The van der Waals surface area contributed by atoms with Crippen molar-refractivity contribution in [2.75, 3.05) is 19.7 Å². The van der Waals surface area contributed by atoms with Crippen LogP contribution in [0.2, 0.25) is 0 Å². The van der Waals surface area contributed by atoms with Gasteiger partial charge in [0.05, 0.1) is 6.61 Å². The number of ether oxygens (including phenoxy) is 2. The number of carbonyl (C=O) groups is 2. The first-order valence-corrected chi connectivity index (χ1v) is 6.09. The summed E-state index contributed by atoms with van der Waals surface area (Å²) in [5.74, 6) is 0. The summed E-state index contributed by atoms with van der Waals surface area (Å²) in [6.07, 6.45) is 0.625. The Morgan fingerprint density at radius 1 is 1.50 bits per heavy atom. The van der Waals surface area contributed by atoms with Gasteiger partial charge in [0.2, 0.25) is 0 Å². The third-order valence-corrected chi connectivity index (χ3v) is 2.11. The quantitative estimate of drug-likeness (QED) is 0.753. The summed E-state index contributed by atoms with van der Waals surface area (Å²) in [4.78, 5) is 22.3. The molecule has 1 amide bonds. The SMILES string of the molecule is CC(C)(C)OC(=O)N1CC[C@H](N)C1.CCOC=O. The summed E-state index contributed by atoms with van der Waals surface area (Å²) < 4.78 is 9.35. The Balaban J connectivity index is 0.000000494. The summed E-state index contributed by atoms with van der Waals surface area (Å²) in [6.45, 7) is 9.59. The standard InChI is InChI=1S/C9H18N2O2.C3H6O2/c1-9(2,3)13-8(12)11-5-4-7(10)6-11;1-2-5-3-4/h7H,4-6,10H2,1-3H3;3H,2H2,1H3/t7-;/m0./s1. The lowest BCUT2D eigenvalue weighted by atomic mass is 10.2. The van der Waals surface area contributed by atoms with Gasteiger partial charge in [0, 0.05) is 19.1 Å². The zero-order valence-corrected chi connectivity index (χ0v) is 11.6. The molecular weight excluding hydrogens is 236 g/mol. The van der Waals surface area contributed by atoms with Crippen molar-refractivity contribution < 1.29 is 19.1 Å². The average molecular weight is 260 g/mol. The van der Waals surface area contributed by atoms with E-state index in [4.69, 9.17) is 10.5 Å². The van der Waals surface area contributed by atoms with Crippen molar-refractivity contribution in [2.24, 2.45) is 5.73 Å². The van der Waals surface area contributed by atoms with E-state index in [2.05, 4.69) is 4.74 Å². The minimum atomic E-state index is -0.413. The highest BCUT2D eigenvalue weighted by atomic mass is 16.6. The molecule has 0 unspecified atom stereocenters. The lowest BCUT2D eigenvalue weighted by molar-refractivity contribution is -0.128. The van der Waals surface area contributed by atoms with Crippen LogP contribution in [0.15, 0.2) is 0 Å². The first-order valence-electron chi connectivity index (χ1n) is 6.09. The number of nitrogens with two attached hydrogens (primary N) is 1. The molecule has 1 aliphatic heterocycles. The number of rotatable bonds is 2. The Morgan fingerprint density at radius 2 is 2.11 bits per heavy atom. The van der Waals surface area contributed by atoms with Crippen LogP contribution >= 0.6 is 0 Å². The first kappa shape index (κ1) is 16.7. The Morgan fingerprint density at radius 3 is 2.39 bits per heavy atom. The van der Waals surface area contributed by atoms with Crippen molar-refractivity contribution in [3.05, 3.63) is 0 Å². The third-order valence-electron chi connectivity index (χ3n) is 2.11. The molecule has 0 aliphatic carbocycles. The fourth-order valence-electron chi connectivity index (χ4n) is 1.35. The molecule has 0 radical (unpaired) electrons. The topological polar surface area (TPSA) is 81.9 Å². The molecule has 0 spiro atoms. The fraction of sp³-hybridized carbons (Fsp3) is 0.833. The molecule has 1 aliphatic rings. The van der Waals surface area contributed by atoms with Gasteiger partial charge in [-0.05, 0) is 34.1 Å². The van der Waals surface area contributed by atoms with Crippen LogP contribution in [0.3, 0.4) is 0 Å². The van der Waals surface area contributed by atoms with Gasteiger partial charge in [-0.3, -0.25) is 4.79 Å². The van der Waals surface area contributed by atoms with Gasteiger partial charge in [-0.1, -0.05) is 0 Å². The maximum Gasteiger partial charge on any atom is 0.410 e. The highest BCUT2D eigenvalue weighted by Gasteiger charge is 2.27. The van der Waals surface area contributed by atoms with Crippen LogP contribution in [0, 0.1) is 0 Å². The molecule has 1 heterocycles.